The molecule has 0 radical (unpaired) electrons. The molecule has 1 aromatic carbocycles. The summed E-state index contributed by atoms with van der Waals surface area (Å²) in [6, 6.07) is 2.16. The van der Waals surface area contributed by atoms with E-state index in [0.29, 0.717) is 5.75 Å². The van der Waals surface area contributed by atoms with Crippen LogP contribution in [0.4, 0.5) is 0 Å². The number of aromatic hydroxyl groups is 1. The van der Waals surface area contributed by atoms with E-state index in [9.17, 15) is 5.11 Å². The molecule has 0 saturated carbocycles. The lowest BCUT2D eigenvalue weighted by Crippen LogP contribution is -2.25. The Morgan fingerprint density at radius 3 is 2.05 bits per heavy atom. The minimum absolute atomic E-state index is 0.0251. The van der Waals surface area contributed by atoms with Crippen molar-refractivity contribution >= 4 is 15.9 Å². The molecule has 2 heteroatoms. The highest BCUT2D eigenvalue weighted by Gasteiger charge is 2.30. The topological polar surface area (TPSA) is 20.2 Å². The minimum Gasteiger partial charge on any atom is -0.507 e. The van der Waals surface area contributed by atoms with Gasteiger partial charge >= 0.3 is 0 Å². The highest BCUT2D eigenvalue weighted by atomic mass is 79.9. The number of benzene rings is 1. The van der Waals surface area contributed by atoms with E-state index < -0.39 is 0 Å². The van der Waals surface area contributed by atoms with Gasteiger partial charge in [0.05, 0.1) is 0 Å². The quantitative estimate of drug-likeness (QED) is 0.715. The van der Waals surface area contributed by atoms with Gasteiger partial charge in [0.2, 0.25) is 0 Å². The zero-order chi connectivity index (χ0) is 15.0. The van der Waals surface area contributed by atoms with Crippen molar-refractivity contribution in [1.82, 2.24) is 0 Å². The van der Waals surface area contributed by atoms with Crippen molar-refractivity contribution in [2.24, 2.45) is 5.41 Å². The Balaban J connectivity index is 3.36. The minimum atomic E-state index is -0.0251. The highest BCUT2D eigenvalue weighted by molar-refractivity contribution is 9.08. The van der Waals surface area contributed by atoms with Gasteiger partial charge in [-0.1, -0.05) is 56.6 Å². The normalized spacial score (nSPS) is 12.8. The number of halogens is 1. The number of phenolic OH excluding ortho intramolecular Hbond substituents is 1. The van der Waals surface area contributed by atoms with E-state index in [1.165, 1.54) is 11.1 Å². The summed E-state index contributed by atoms with van der Waals surface area (Å²) in [5.74, 6) is 0.467. The Morgan fingerprint density at radius 2 is 1.63 bits per heavy atom. The first-order valence-corrected chi connectivity index (χ1v) is 8.00. The van der Waals surface area contributed by atoms with Gasteiger partial charge in [0, 0.05) is 10.9 Å². The SMILES string of the molecule is Cc1cc(C(C)(C)CC(C)(C)C)c(O)c(C)c1CBr. The molecular weight excluding hydrogens is 300 g/mol. The summed E-state index contributed by atoms with van der Waals surface area (Å²) < 4.78 is 0. The second kappa shape index (κ2) is 5.47. The molecule has 1 N–H and O–H groups in total. The molecule has 0 saturated heterocycles. The molecular formula is C17H27BrO. The lowest BCUT2D eigenvalue weighted by molar-refractivity contribution is 0.278. The van der Waals surface area contributed by atoms with E-state index in [2.05, 4.69) is 63.5 Å². The third-order valence-electron chi connectivity index (χ3n) is 3.73. The van der Waals surface area contributed by atoms with Crippen molar-refractivity contribution in [1.29, 1.82) is 0 Å². The highest BCUT2D eigenvalue weighted by Crippen LogP contribution is 2.42. The van der Waals surface area contributed by atoms with Crippen LogP contribution in [0.2, 0.25) is 0 Å². The van der Waals surface area contributed by atoms with E-state index in [1.807, 2.05) is 6.92 Å². The van der Waals surface area contributed by atoms with Gasteiger partial charge in [-0.25, -0.2) is 0 Å². The van der Waals surface area contributed by atoms with Crippen LogP contribution in [0.1, 0.15) is 63.3 Å². The average Bonchev–Trinajstić information content (AvgIpc) is 2.20. The second-order valence-corrected chi connectivity index (χ2v) is 8.01. The van der Waals surface area contributed by atoms with Crippen molar-refractivity contribution in [3.8, 4) is 5.75 Å². The van der Waals surface area contributed by atoms with Crippen LogP contribution >= 0.6 is 15.9 Å². The fourth-order valence-electron chi connectivity index (χ4n) is 3.16. The van der Waals surface area contributed by atoms with Crippen molar-refractivity contribution < 1.29 is 5.11 Å². The molecule has 0 aromatic heterocycles. The Hall–Kier alpha value is -0.500. The molecule has 0 aliphatic carbocycles. The number of rotatable bonds is 3. The molecule has 0 fully saturated rings. The van der Waals surface area contributed by atoms with Crippen molar-refractivity contribution in [3.63, 3.8) is 0 Å². The molecule has 0 spiro atoms. The van der Waals surface area contributed by atoms with Crippen molar-refractivity contribution in [3.05, 3.63) is 28.3 Å². The fraction of sp³-hybridized carbons (Fsp3) is 0.647. The molecule has 0 unspecified atom stereocenters. The Kier molecular flexibility index (Phi) is 4.77. The second-order valence-electron chi connectivity index (χ2n) is 7.45. The van der Waals surface area contributed by atoms with Crippen molar-refractivity contribution in [2.75, 3.05) is 0 Å². The summed E-state index contributed by atoms with van der Waals surface area (Å²) in [5.41, 5.74) is 4.75. The summed E-state index contributed by atoms with van der Waals surface area (Å²) in [5, 5.41) is 11.3. The van der Waals surface area contributed by atoms with Crippen LogP contribution in [0.3, 0.4) is 0 Å². The summed E-state index contributed by atoms with van der Waals surface area (Å²) in [6.45, 7) is 15.3. The van der Waals surface area contributed by atoms with Crippen LogP contribution in [-0.4, -0.2) is 5.11 Å². The largest absolute Gasteiger partial charge is 0.507 e. The maximum Gasteiger partial charge on any atom is 0.122 e. The average molecular weight is 327 g/mol. The predicted octanol–water partition coefficient (Wildman–Crippen LogP) is 5.62. The summed E-state index contributed by atoms with van der Waals surface area (Å²) in [6.07, 6.45) is 1.04. The van der Waals surface area contributed by atoms with Crippen LogP contribution in [0, 0.1) is 19.3 Å². The van der Waals surface area contributed by atoms with Gasteiger partial charge < -0.3 is 5.11 Å². The van der Waals surface area contributed by atoms with Gasteiger partial charge in [-0.2, -0.15) is 0 Å². The van der Waals surface area contributed by atoms with Gasteiger partial charge in [-0.3, -0.25) is 0 Å². The van der Waals surface area contributed by atoms with E-state index in [-0.39, 0.29) is 10.8 Å². The van der Waals surface area contributed by atoms with Gasteiger partial charge in [0.1, 0.15) is 5.75 Å². The van der Waals surface area contributed by atoms with Gasteiger partial charge in [-0.15, -0.1) is 0 Å². The molecule has 19 heavy (non-hydrogen) atoms. The molecule has 0 atom stereocenters. The molecule has 0 aliphatic heterocycles. The number of aryl methyl sites for hydroxylation is 1. The smallest absolute Gasteiger partial charge is 0.122 e. The van der Waals surface area contributed by atoms with Gasteiger partial charge in [0.15, 0.2) is 0 Å². The van der Waals surface area contributed by atoms with E-state index in [4.69, 9.17) is 0 Å². The predicted molar refractivity (Wildman–Crippen MR) is 87.3 cm³/mol. The van der Waals surface area contributed by atoms with Crippen LogP contribution in [0.15, 0.2) is 6.07 Å². The van der Waals surface area contributed by atoms with Crippen LogP contribution in [0.5, 0.6) is 5.75 Å². The van der Waals surface area contributed by atoms with E-state index in [1.54, 1.807) is 0 Å². The lowest BCUT2D eigenvalue weighted by Gasteiger charge is -2.34. The van der Waals surface area contributed by atoms with Gasteiger partial charge in [0.25, 0.3) is 0 Å². The molecule has 1 nitrogen and oxygen atoms in total. The first-order chi connectivity index (χ1) is 8.49. The Labute approximate surface area is 126 Å². The third-order valence-corrected chi connectivity index (χ3v) is 4.30. The summed E-state index contributed by atoms with van der Waals surface area (Å²) in [4.78, 5) is 0. The zero-order valence-corrected chi connectivity index (χ0v) is 14.9. The number of alkyl halides is 1. The Morgan fingerprint density at radius 1 is 1.11 bits per heavy atom. The first-order valence-electron chi connectivity index (χ1n) is 6.88. The Bertz CT molecular complexity index is 467. The van der Waals surface area contributed by atoms with Crippen LogP contribution in [-0.2, 0) is 10.7 Å². The fourth-order valence-corrected chi connectivity index (χ4v) is 4.02. The first kappa shape index (κ1) is 16.6. The molecule has 0 amide bonds. The van der Waals surface area contributed by atoms with E-state index in [0.717, 1.165) is 22.9 Å². The molecule has 1 aromatic rings. The maximum atomic E-state index is 10.5. The lowest BCUT2D eigenvalue weighted by atomic mass is 9.71. The molecule has 108 valence electrons. The summed E-state index contributed by atoms with van der Waals surface area (Å²) >= 11 is 3.51. The van der Waals surface area contributed by atoms with Gasteiger partial charge in [-0.05, 0) is 47.8 Å². The van der Waals surface area contributed by atoms with Crippen LogP contribution in [0.25, 0.3) is 0 Å². The monoisotopic (exact) mass is 326 g/mol. The van der Waals surface area contributed by atoms with E-state index >= 15 is 0 Å². The summed E-state index contributed by atoms with van der Waals surface area (Å²) in [7, 11) is 0. The molecule has 1 rings (SSSR count). The van der Waals surface area contributed by atoms with Crippen LogP contribution < -0.4 is 0 Å². The number of hydrogen-bond donors (Lipinski definition) is 1. The zero-order valence-electron chi connectivity index (χ0n) is 13.3. The third kappa shape index (κ3) is 3.75. The molecule has 0 aliphatic rings. The standard InChI is InChI=1S/C17H27BrO/c1-11-8-14(15(19)12(2)13(11)9-18)17(6,7)10-16(3,4)5/h8,19H,9-10H2,1-7H3. The molecule has 0 heterocycles. The van der Waals surface area contributed by atoms with Crippen molar-refractivity contribution in [2.45, 2.75) is 65.6 Å². The molecule has 0 bridgehead atoms. The number of phenols is 1. The maximum absolute atomic E-state index is 10.5. The number of hydrogen-bond acceptors (Lipinski definition) is 1.